The first-order valence-corrected chi connectivity index (χ1v) is 6.44. The molecule has 1 aromatic heterocycles. The normalized spacial score (nSPS) is 12.1. The molecule has 1 heterocycles. The second-order valence-corrected chi connectivity index (χ2v) is 5.09. The number of aromatic nitrogens is 1. The van der Waals surface area contributed by atoms with Crippen LogP contribution in [0.15, 0.2) is 52.4 Å². The van der Waals surface area contributed by atoms with Crippen molar-refractivity contribution in [1.82, 2.24) is 4.98 Å². The Hall–Kier alpha value is -1.92. The molecule has 0 amide bonds. The highest BCUT2D eigenvalue weighted by molar-refractivity contribution is 7.99. The van der Waals surface area contributed by atoms with Gasteiger partial charge in [-0.25, -0.2) is 0 Å². The van der Waals surface area contributed by atoms with Gasteiger partial charge in [0.05, 0.1) is 16.7 Å². The van der Waals surface area contributed by atoms with Gasteiger partial charge in [0.15, 0.2) is 0 Å². The number of nitro groups is 1. The van der Waals surface area contributed by atoms with Crippen molar-refractivity contribution < 1.29 is 10.0 Å². The molecule has 0 bridgehead atoms. The van der Waals surface area contributed by atoms with Crippen molar-refractivity contribution in [3.05, 3.63) is 58.4 Å². The topological polar surface area (TPSA) is 76.3 Å². The fraction of sp³-hybridized carbons (Fsp3) is 0.154. The summed E-state index contributed by atoms with van der Waals surface area (Å²) in [5, 5.41) is 19.9. The van der Waals surface area contributed by atoms with Gasteiger partial charge in [0.25, 0.3) is 5.69 Å². The molecule has 1 atom stereocenters. The number of non-ortho nitro benzene ring substituents is 1. The van der Waals surface area contributed by atoms with E-state index in [-0.39, 0.29) is 5.69 Å². The van der Waals surface area contributed by atoms with Crippen LogP contribution in [0, 0.1) is 10.1 Å². The number of nitro benzene ring substituents is 1. The molecule has 0 saturated heterocycles. The number of aliphatic hydroxyl groups is 1. The van der Waals surface area contributed by atoms with Gasteiger partial charge in [-0.1, -0.05) is 11.8 Å². The Morgan fingerprint density at radius 3 is 2.32 bits per heavy atom. The van der Waals surface area contributed by atoms with Crippen LogP contribution in [0.25, 0.3) is 0 Å². The molecule has 0 spiro atoms. The van der Waals surface area contributed by atoms with E-state index in [2.05, 4.69) is 4.98 Å². The van der Waals surface area contributed by atoms with E-state index in [0.717, 1.165) is 9.79 Å². The summed E-state index contributed by atoms with van der Waals surface area (Å²) in [7, 11) is 0. The number of aliphatic hydroxyl groups excluding tert-OH is 1. The average molecular weight is 276 g/mol. The molecule has 0 fully saturated rings. The summed E-state index contributed by atoms with van der Waals surface area (Å²) >= 11 is 1.46. The highest BCUT2D eigenvalue weighted by atomic mass is 32.2. The van der Waals surface area contributed by atoms with Crippen LogP contribution in [0.2, 0.25) is 0 Å². The lowest BCUT2D eigenvalue weighted by atomic mass is 10.2. The lowest BCUT2D eigenvalue weighted by Gasteiger charge is -2.05. The first kappa shape index (κ1) is 13.5. The Bertz CT molecular complexity index is 567. The maximum Gasteiger partial charge on any atom is 0.269 e. The number of pyridine rings is 1. The van der Waals surface area contributed by atoms with Crippen molar-refractivity contribution in [2.24, 2.45) is 0 Å². The molecular weight excluding hydrogens is 264 g/mol. The van der Waals surface area contributed by atoms with Crippen molar-refractivity contribution in [2.45, 2.75) is 22.8 Å². The zero-order valence-electron chi connectivity index (χ0n) is 10.2. The van der Waals surface area contributed by atoms with E-state index >= 15 is 0 Å². The lowest BCUT2D eigenvalue weighted by Crippen LogP contribution is -1.94. The van der Waals surface area contributed by atoms with Gasteiger partial charge in [-0.05, 0) is 31.2 Å². The molecule has 6 heteroatoms. The maximum absolute atomic E-state index is 10.5. The fourth-order valence-corrected chi connectivity index (χ4v) is 2.26. The second-order valence-electron chi connectivity index (χ2n) is 3.95. The van der Waals surface area contributed by atoms with Crippen LogP contribution in [0.3, 0.4) is 0 Å². The third-order valence-electron chi connectivity index (χ3n) is 2.47. The van der Waals surface area contributed by atoms with Gasteiger partial charge in [-0.2, -0.15) is 0 Å². The zero-order valence-corrected chi connectivity index (χ0v) is 11.0. The van der Waals surface area contributed by atoms with E-state index in [9.17, 15) is 15.2 Å². The summed E-state index contributed by atoms with van der Waals surface area (Å²) in [5.74, 6) is 0. The van der Waals surface area contributed by atoms with Crippen molar-refractivity contribution in [1.29, 1.82) is 0 Å². The second kappa shape index (κ2) is 5.81. The first-order valence-electron chi connectivity index (χ1n) is 5.62. The van der Waals surface area contributed by atoms with Crippen LogP contribution in [-0.2, 0) is 0 Å². The van der Waals surface area contributed by atoms with Crippen molar-refractivity contribution in [3.8, 4) is 0 Å². The number of rotatable bonds is 4. The Morgan fingerprint density at radius 2 is 1.84 bits per heavy atom. The van der Waals surface area contributed by atoms with Crippen LogP contribution < -0.4 is 0 Å². The molecule has 0 saturated carbocycles. The largest absolute Gasteiger partial charge is 0.387 e. The van der Waals surface area contributed by atoms with Gasteiger partial charge >= 0.3 is 0 Å². The van der Waals surface area contributed by atoms with Gasteiger partial charge in [-0.3, -0.25) is 15.1 Å². The number of hydrogen-bond acceptors (Lipinski definition) is 5. The van der Waals surface area contributed by atoms with Crippen LogP contribution in [-0.4, -0.2) is 15.0 Å². The summed E-state index contributed by atoms with van der Waals surface area (Å²) in [4.78, 5) is 16.1. The Labute approximate surface area is 114 Å². The molecular formula is C13H12N2O3S. The summed E-state index contributed by atoms with van der Waals surface area (Å²) in [5.41, 5.74) is 0.694. The molecule has 2 aromatic rings. The molecule has 2 rings (SSSR count). The van der Waals surface area contributed by atoms with Crippen LogP contribution in [0.1, 0.15) is 18.7 Å². The van der Waals surface area contributed by atoms with E-state index in [4.69, 9.17) is 0 Å². The molecule has 0 aliphatic heterocycles. The van der Waals surface area contributed by atoms with Crippen molar-refractivity contribution >= 4 is 17.4 Å². The predicted molar refractivity (Wildman–Crippen MR) is 72.1 cm³/mol. The van der Waals surface area contributed by atoms with Crippen molar-refractivity contribution in [3.63, 3.8) is 0 Å². The van der Waals surface area contributed by atoms with Crippen molar-refractivity contribution in [2.75, 3.05) is 0 Å². The molecule has 0 aliphatic carbocycles. The summed E-state index contributed by atoms with van der Waals surface area (Å²) in [6.45, 7) is 1.66. The minimum Gasteiger partial charge on any atom is -0.387 e. The monoisotopic (exact) mass is 276 g/mol. The third kappa shape index (κ3) is 3.52. The maximum atomic E-state index is 10.5. The van der Waals surface area contributed by atoms with Gasteiger partial charge in [0, 0.05) is 28.1 Å². The fourth-order valence-electron chi connectivity index (χ4n) is 1.47. The van der Waals surface area contributed by atoms with E-state index in [1.807, 2.05) is 6.07 Å². The Morgan fingerprint density at radius 1 is 1.21 bits per heavy atom. The predicted octanol–water partition coefficient (Wildman–Crippen LogP) is 3.19. The van der Waals surface area contributed by atoms with Crippen LogP contribution in [0.5, 0.6) is 0 Å². The van der Waals surface area contributed by atoms with Crippen LogP contribution >= 0.6 is 11.8 Å². The number of nitrogens with zero attached hydrogens (tertiary/aromatic N) is 2. The Balaban J connectivity index is 2.10. The summed E-state index contributed by atoms with van der Waals surface area (Å²) < 4.78 is 0. The molecule has 1 aromatic carbocycles. The van der Waals surface area contributed by atoms with E-state index in [1.165, 1.54) is 23.9 Å². The zero-order chi connectivity index (χ0) is 13.8. The van der Waals surface area contributed by atoms with E-state index in [0.29, 0.717) is 5.69 Å². The van der Waals surface area contributed by atoms with Gasteiger partial charge in [0.2, 0.25) is 0 Å². The molecule has 98 valence electrons. The minimum atomic E-state index is -0.585. The van der Waals surface area contributed by atoms with Gasteiger partial charge in [-0.15, -0.1) is 0 Å². The average Bonchev–Trinajstić information content (AvgIpc) is 2.40. The number of benzene rings is 1. The summed E-state index contributed by atoms with van der Waals surface area (Å²) in [6, 6.07) is 9.97. The molecule has 19 heavy (non-hydrogen) atoms. The molecule has 5 nitrogen and oxygen atoms in total. The molecule has 0 radical (unpaired) electrons. The molecule has 0 unspecified atom stereocenters. The molecule has 0 aliphatic rings. The SMILES string of the molecule is C[C@H](O)c1ccc(Sc2ccc([N+](=O)[O-])cc2)cn1. The highest BCUT2D eigenvalue weighted by Gasteiger charge is 2.06. The highest BCUT2D eigenvalue weighted by Crippen LogP contribution is 2.28. The standard InChI is InChI=1S/C13H12N2O3S/c1-9(16)13-7-6-12(8-14-13)19-11-4-2-10(3-5-11)15(17)18/h2-9,16H,1H3/t9-/m0/s1. The van der Waals surface area contributed by atoms with Gasteiger partial charge < -0.3 is 5.11 Å². The molecule has 1 N–H and O–H groups in total. The number of hydrogen-bond donors (Lipinski definition) is 1. The smallest absolute Gasteiger partial charge is 0.269 e. The van der Waals surface area contributed by atoms with E-state index in [1.54, 1.807) is 31.3 Å². The quantitative estimate of drug-likeness (QED) is 0.685. The summed E-state index contributed by atoms with van der Waals surface area (Å²) in [6.07, 6.45) is 1.09. The lowest BCUT2D eigenvalue weighted by molar-refractivity contribution is -0.384. The van der Waals surface area contributed by atoms with E-state index < -0.39 is 11.0 Å². The Kier molecular flexibility index (Phi) is 4.13. The third-order valence-corrected chi connectivity index (χ3v) is 3.46. The van der Waals surface area contributed by atoms with Gasteiger partial charge in [0.1, 0.15) is 0 Å². The first-order chi connectivity index (χ1) is 9.06. The van der Waals surface area contributed by atoms with Crippen LogP contribution in [0.4, 0.5) is 5.69 Å². The minimum absolute atomic E-state index is 0.0759.